The minimum atomic E-state index is -1.81. The van der Waals surface area contributed by atoms with Gasteiger partial charge in [0.15, 0.2) is 8.32 Å². The number of hydrogen-bond donors (Lipinski definition) is 0. The standard InChI is InChI=1S/C15H22O3Si/c1-15(2,3)19(4,5)17-10-13-11-8-6-7-9-12(11)14(16)18-13/h6-9,13H,10H2,1-5H3. The Balaban J connectivity index is 2.09. The molecule has 0 saturated carbocycles. The van der Waals surface area contributed by atoms with Crippen molar-refractivity contribution < 1.29 is 14.0 Å². The van der Waals surface area contributed by atoms with Crippen LogP contribution >= 0.6 is 0 Å². The van der Waals surface area contributed by atoms with Gasteiger partial charge >= 0.3 is 5.97 Å². The molecule has 0 aromatic heterocycles. The first-order chi connectivity index (χ1) is 8.72. The van der Waals surface area contributed by atoms with Gasteiger partial charge in [0.1, 0.15) is 6.10 Å². The number of carbonyl (C=O) groups excluding carboxylic acids is 1. The van der Waals surface area contributed by atoms with Crippen molar-refractivity contribution in [2.45, 2.75) is 45.0 Å². The van der Waals surface area contributed by atoms with Gasteiger partial charge in [0, 0.05) is 5.56 Å². The van der Waals surface area contributed by atoms with E-state index in [1.807, 2.05) is 24.3 Å². The van der Waals surface area contributed by atoms with Crippen LogP contribution < -0.4 is 0 Å². The number of ether oxygens (including phenoxy) is 1. The minimum absolute atomic E-state index is 0.162. The average molecular weight is 278 g/mol. The van der Waals surface area contributed by atoms with Crippen molar-refractivity contribution >= 4 is 14.3 Å². The molecule has 4 heteroatoms. The molecule has 0 saturated heterocycles. The Morgan fingerprint density at radius 2 is 1.89 bits per heavy atom. The normalized spacial score (nSPS) is 19.2. The lowest BCUT2D eigenvalue weighted by Gasteiger charge is -2.36. The van der Waals surface area contributed by atoms with Crippen LogP contribution in [-0.4, -0.2) is 20.9 Å². The van der Waals surface area contributed by atoms with E-state index in [1.54, 1.807) is 0 Å². The third kappa shape index (κ3) is 2.74. The number of rotatable bonds is 3. The summed E-state index contributed by atoms with van der Waals surface area (Å²) in [5.41, 5.74) is 1.62. The van der Waals surface area contributed by atoms with E-state index in [2.05, 4.69) is 33.9 Å². The highest BCUT2D eigenvalue weighted by atomic mass is 28.4. The second-order valence-corrected chi connectivity index (χ2v) is 11.4. The molecular weight excluding hydrogens is 256 g/mol. The highest BCUT2D eigenvalue weighted by Gasteiger charge is 2.39. The van der Waals surface area contributed by atoms with Gasteiger partial charge in [0.05, 0.1) is 12.2 Å². The lowest BCUT2D eigenvalue weighted by Crippen LogP contribution is -2.41. The van der Waals surface area contributed by atoms with E-state index < -0.39 is 8.32 Å². The third-order valence-corrected chi connectivity index (χ3v) is 8.68. The predicted octanol–water partition coefficient (Wildman–Crippen LogP) is 3.92. The molecule has 1 aromatic rings. The molecule has 19 heavy (non-hydrogen) atoms. The molecule has 1 atom stereocenters. The SMILES string of the molecule is CC(C)(C)[Si](C)(C)OCC1OC(=O)c2ccccc21. The van der Waals surface area contributed by atoms with Gasteiger partial charge in [0.25, 0.3) is 0 Å². The number of carbonyl (C=O) groups is 1. The summed E-state index contributed by atoms with van der Waals surface area (Å²) in [5.74, 6) is -0.237. The molecule has 3 nitrogen and oxygen atoms in total. The fraction of sp³-hybridized carbons (Fsp3) is 0.533. The summed E-state index contributed by atoms with van der Waals surface area (Å²) < 4.78 is 11.5. The van der Waals surface area contributed by atoms with Crippen LogP contribution in [0.3, 0.4) is 0 Å². The van der Waals surface area contributed by atoms with Gasteiger partial charge in [-0.2, -0.15) is 0 Å². The van der Waals surface area contributed by atoms with Gasteiger partial charge < -0.3 is 9.16 Å². The van der Waals surface area contributed by atoms with Crippen LogP contribution in [0.5, 0.6) is 0 Å². The monoisotopic (exact) mass is 278 g/mol. The van der Waals surface area contributed by atoms with Gasteiger partial charge in [-0.25, -0.2) is 4.79 Å². The summed E-state index contributed by atoms with van der Waals surface area (Å²) in [7, 11) is -1.81. The molecule has 0 aliphatic carbocycles. The van der Waals surface area contributed by atoms with Crippen molar-refractivity contribution in [2.24, 2.45) is 0 Å². The Kier molecular flexibility index (Phi) is 3.58. The molecule has 0 radical (unpaired) electrons. The molecule has 104 valence electrons. The van der Waals surface area contributed by atoms with E-state index >= 15 is 0 Å². The van der Waals surface area contributed by atoms with Crippen LogP contribution in [0.1, 0.15) is 42.8 Å². The summed E-state index contributed by atoms with van der Waals surface area (Å²) in [6.07, 6.45) is -0.252. The number of hydrogen-bond acceptors (Lipinski definition) is 3. The smallest absolute Gasteiger partial charge is 0.339 e. The molecule has 0 bridgehead atoms. The summed E-state index contributed by atoms with van der Waals surface area (Å²) in [4.78, 5) is 11.7. The highest BCUT2D eigenvalue weighted by molar-refractivity contribution is 6.74. The topological polar surface area (TPSA) is 35.5 Å². The van der Waals surface area contributed by atoms with E-state index in [-0.39, 0.29) is 17.1 Å². The van der Waals surface area contributed by atoms with Crippen LogP contribution in [0, 0.1) is 0 Å². The Hall–Kier alpha value is -1.13. The molecular formula is C15H22O3Si. The number of benzene rings is 1. The summed E-state index contributed by atoms with van der Waals surface area (Å²) in [5, 5.41) is 0.162. The summed E-state index contributed by atoms with van der Waals surface area (Å²) in [6.45, 7) is 11.5. The molecule has 0 fully saturated rings. The van der Waals surface area contributed by atoms with Crippen molar-refractivity contribution in [3.63, 3.8) is 0 Å². The van der Waals surface area contributed by atoms with Gasteiger partial charge in [-0.1, -0.05) is 39.0 Å². The summed E-state index contributed by atoms with van der Waals surface area (Å²) >= 11 is 0. The predicted molar refractivity (Wildman–Crippen MR) is 77.7 cm³/mol. The fourth-order valence-electron chi connectivity index (χ4n) is 1.84. The third-order valence-electron chi connectivity index (χ3n) is 4.18. The quantitative estimate of drug-likeness (QED) is 0.621. The minimum Gasteiger partial charge on any atom is -0.451 e. The first kappa shape index (κ1) is 14.3. The van der Waals surface area contributed by atoms with Crippen molar-refractivity contribution in [3.05, 3.63) is 35.4 Å². The molecule has 1 aliphatic rings. The van der Waals surface area contributed by atoms with Gasteiger partial charge in [0.2, 0.25) is 0 Å². The van der Waals surface area contributed by atoms with Crippen LogP contribution in [0.25, 0.3) is 0 Å². The largest absolute Gasteiger partial charge is 0.451 e. The van der Waals surface area contributed by atoms with Crippen molar-refractivity contribution in [1.29, 1.82) is 0 Å². The Morgan fingerprint density at radius 3 is 2.53 bits per heavy atom. The summed E-state index contributed by atoms with van der Waals surface area (Å²) in [6, 6.07) is 7.54. The van der Waals surface area contributed by atoms with Crippen LogP contribution in [0.15, 0.2) is 24.3 Å². The maximum atomic E-state index is 11.7. The van der Waals surface area contributed by atoms with Crippen molar-refractivity contribution in [3.8, 4) is 0 Å². The van der Waals surface area contributed by atoms with E-state index in [4.69, 9.17) is 9.16 Å². The van der Waals surface area contributed by atoms with Crippen LogP contribution in [0.2, 0.25) is 18.1 Å². The zero-order valence-electron chi connectivity index (χ0n) is 12.3. The second kappa shape index (κ2) is 4.76. The van der Waals surface area contributed by atoms with Crippen molar-refractivity contribution in [1.82, 2.24) is 0 Å². The first-order valence-electron chi connectivity index (χ1n) is 6.66. The van der Waals surface area contributed by atoms with E-state index in [0.29, 0.717) is 12.2 Å². The Morgan fingerprint density at radius 1 is 1.26 bits per heavy atom. The molecule has 2 rings (SSSR count). The Labute approximate surface area is 116 Å². The zero-order valence-corrected chi connectivity index (χ0v) is 13.3. The molecule has 1 aromatic carbocycles. The molecule has 1 unspecified atom stereocenters. The number of esters is 1. The maximum absolute atomic E-state index is 11.7. The van der Waals surface area contributed by atoms with Crippen molar-refractivity contribution in [2.75, 3.05) is 6.61 Å². The van der Waals surface area contributed by atoms with Crippen LogP contribution in [0.4, 0.5) is 0 Å². The van der Waals surface area contributed by atoms with E-state index in [0.717, 1.165) is 5.56 Å². The molecule has 1 aliphatic heterocycles. The molecule has 1 heterocycles. The van der Waals surface area contributed by atoms with Gasteiger partial charge in [-0.15, -0.1) is 0 Å². The highest BCUT2D eigenvalue weighted by Crippen LogP contribution is 2.38. The Bertz CT molecular complexity index is 488. The average Bonchev–Trinajstić information content (AvgIpc) is 2.63. The van der Waals surface area contributed by atoms with E-state index in [9.17, 15) is 4.79 Å². The van der Waals surface area contributed by atoms with Gasteiger partial charge in [-0.05, 0) is 24.2 Å². The molecule has 0 N–H and O–H groups in total. The first-order valence-corrected chi connectivity index (χ1v) is 9.57. The zero-order chi connectivity index (χ0) is 14.3. The fourth-order valence-corrected chi connectivity index (χ4v) is 2.85. The molecule has 0 spiro atoms. The lowest BCUT2D eigenvalue weighted by molar-refractivity contribution is 0.0251. The second-order valence-electron chi connectivity index (χ2n) is 6.55. The van der Waals surface area contributed by atoms with Gasteiger partial charge in [-0.3, -0.25) is 0 Å². The lowest BCUT2D eigenvalue weighted by atomic mass is 10.1. The number of fused-ring (bicyclic) bond motifs is 1. The molecule has 0 amide bonds. The number of cyclic esters (lactones) is 1. The van der Waals surface area contributed by atoms with E-state index in [1.165, 1.54) is 0 Å². The van der Waals surface area contributed by atoms with Crippen LogP contribution in [-0.2, 0) is 9.16 Å². The maximum Gasteiger partial charge on any atom is 0.339 e.